The Morgan fingerprint density at radius 1 is 1.62 bits per heavy atom. The Morgan fingerprint density at radius 2 is 2.31 bits per heavy atom. The van der Waals surface area contributed by atoms with E-state index in [0.717, 1.165) is 6.07 Å². The molecule has 0 heterocycles. The van der Waals surface area contributed by atoms with Gasteiger partial charge < -0.3 is 0 Å². The summed E-state index contributed by atoms with van der Waals surface area (Å²) in [6.07, 6.45) is 0. The fraction of sp³-hybridized carbons (Fsp3) is 0.125. The zero-order valence-electron chi connectivity index (χ0n) is 6.53. The highest BCUT2D eigenvalue weighted by atomic mass is 19.1. The number of nitriles is 1. The lowest BCUT2D eigenvalue weighted by molar-refractivity contribution is -0.385. The second-order valence-electron chi connectivity index (χ2n) is 2.35. The molecule has 0 fully saturated rings. The molecule has 0 spiro atoms. The fourth-order valence-corrected chi connectivity index (χ4v) is 0.906. The van der Waals surface area contributed by atoms with Crippen molar-refractivity contribution in [1.29, 1.82) is 5.26 Å². The molecule has 0 radical (unpaired) electrons. The first-order valence-corrected chi connectivity index (χ1v) is 3.42. The van der Waals surface area contributed by atoms with Crippen LogP contribution in [0.1, 0.15) is 11.1 Å². The topological polar surface area (TPSA) is 66.9 Å². The van der Waals surface area contributed by atoms with E-state index in [2.05, 4.69) is 0 Å². The molecule has 66 valence electrons. The highest BCUT2D eigenvalue weighted by molar-refractivity contribution is 5.50. The second kappa shape index (κ2) is 3.63. The third kappa shape index (κ3) is 1.79. The van der Waals surface area contributed by atoms with Gasteiger partial charge in [0.1, 0.15) is 18.3 Å². The summed E-state index contributed by atoms with van der Waals surface area (Å²) in [5.74, 6) is 0. The molecule has 4 nitrogen and oxygen atoms in total. The van der Waals surface area contributed by atoms with Gasteiger partial charge in [-0.2, -0.15) is 5.26 Å². The summed E-state index contributed by atoms with van der Waals surface area (Å²) >= 11 is 0. The Balaban J connectivity index is 3.28. The van der Waals surface area contributed by atoms with Gasteiger partial charge >= 0.3 is 0 Å². The molecule has 0 bridgehead atoms. The molecule has 0 N–H and O–H groups in total. The zero-order chi connectivity index (χ0) is 9.84. The fourth-order valence-electron chi connectivity index (χ4n) is 0.906. The molecule has 0 saturated heterocycles. The lowest BCUT2D eigenvalue weighted by Gasteiger charge is -1.96. The molecule has 0 amide bonds. The third-order valence-corrected chi connectivity index (χ3v) is 1.53. The van der Waals surface area contributed by atoms with Crippen molar-refractivity contribution in [2.24, 2.45) is 0 Å². The van der Waals surface area contributed by atoms with Gasteiger partial charge in [-0.15, -0.1) is 0 Å². The Morgan fingerprint density at radius 3 is 2.77 bits per heavy atom. The van der Waals surface area contributed by atoms with E-state index in [1.165, 1.54) is 12.1 Å². The highest BCUT2D eigenvalue weighted by Crippen LogP contribution is 2.19. The third-order valence-electron chi connectivity index (χ3n) is 1.53. The van der Waals surface area contributed by atoms with Crippen LogP contribution >= 0.6 is 0 Å². The Labute approximate surface area is 73.4 Å². The first-order chi connectivity index (χ1) is 6.19. The van der Waals surface area contributed by atoms with Gasteiger partial charge in [-0.25, -0.2) is 4.39 Å². The Bertz CT molecular complexity index is 384. The first-order valence-electron chi connectivity index (χ1n) is 3.42. The van der Waals surface area contributed by atoms with Crippen LogP contribution < -0.4 is 0 Å². The minimum atomic E-state index is -0.771. The largest absolute Gasteiger partial charge is 0.287 e. The van der Waals surface area contributed by atoms with Crippen LogP contribution in [-0.2, 0) is 6.67 Å². The van der Waals surface area contributed by atoms with Crippen LogP contribution in [0.2, 0.25) is 0 Å². The average Bonchev–Trinajstić information content (AvgIpc) is 2.16. The molecular formula is C8H5FN2O2. The van der Waals surface area contributed by atoms with E-state index in [1.807, 2.05) is 0 Å². The van der Waals surface area contributed by atoms with Crippen molar-refractivity contribution in [1.82, 2.24) is 0 Å². The van der Waals surface area contributed by atoms with Crippen LogP contribution in [0.5, 0.6) is 0 Å². The Hall–Kier alpha value is -1.96. The lowest BCUT2D eigenvalue weighted by atomic mass is 10.1. The van der Waals surface area contributed by atoms with Crippen LogP contribution in [0.3, 0.4) is 0 Å². The molecule has 0 unspecified atom stereocenters. The molecule has 1 rings (SSSR count). The van der Waals surface area contributed by atoms with Gasteiger partial charge in [0.25, 0.3) is 5.69 Å². The van der Waals surface area contributed by atoms with Gasteiger partial charge in [0, 0.05) is 6.07 Å². The summed E-state index contributed by atoms with van der Waals surface area (Å²) in [7, 11) is 0. The maximum Gasteiger partial charge on any atom is 0.287 e. The summed E-state index contributed by atoms with van der Waals surface area (Å²) in [5, 5.41) is 18.9. The van der Waals surface area contributed by atoms with E-state index in [-0.39, 0.29) is 16.8 Å². The normalized spacial score (nSPS) is 9.23. The second-order valence-corrected chi connectivity index (χ2v) is 2.35. The van der Waals surface area contributed by atoms with Gasteiger partial charge in [0.2, 0.25) is 0 Å². The van der Waals surface area contributed by atoms with Crippen LogP contribution in [0.25, 0.3) is 0 Å². The van der Waals surface area contributed by atoms with E-state index in [9.17, 15) is 14.5 Å². The minimum Gasteiger partial charge on any atom is -0.258 e. The predicted molar refractivity (Wildman–Crippen MR) is 42.6 cm³/mol. The summed E-state index contributed by atoms with van der Waals surface area (Å²) in [5.41, 5.74) is -0.203. The van der Waals surface area contributed by atoms with E-state index >= 15 is 0 Å². The van der Waals surface area contributed by atoms with Crippen molar-refractivity contribution in [3.8, 4) is 6.07 Å². The number of rotatable bonds is 2. The average molecular weight is 180 g/mol. The smallest absolute Gasteiger partial charge is 0.258 e. The van der Waals surface area contributed by atoms with Crippen molar-refractivity contribution in [3.05, 3.63) is 39.4 Å². The molecule has 0 saturated carbocycles. The number of alkyl halides is 1. The number of nitrogens with zero attached hydrogens (tertiary/aromatic N) is 2. The van der Waals surface area contributed by atoms with Crippen LogP contribution in [0.15, 0.2) is 18.2 Å². The van der Waals surface area contributed by atoms with Gasteiger partial charge in [0.15, 0.2) is 0 Å². The van der Waals surface area contributed by atoms with E-state index in [0.29, 0.717) is 0 Å². The summed E-state index contributed by atoms with van der Waals surface area (Å²) in [4.78, 5) is 9.68. The maximum absolute atomic E-state index is 12.1. The highest BCUT2D eigenvalue weighted by Gasteiger charge is 2.13. The van der Waals surface area contributed by atoms with E-state index in [4.69, 9.17) is 5.26 Å². The lowest BCUT2D eigenvalue weighted by Crippen LogP contribution is -1.93. The molecule has 13 heavy (non-hydrogen) atoms. The van der Waals surface area contributed by atoms with Crippen LogP contribution in [-0.4, -0.2) is 4.92 Å². The number of nitro benzene ring substituents is 1. The monoisotopic (exact) mass is 180 g/mol. The van der Waals surface area contributed by atoms with Gasteiger partial charge in [-0.3, -0.25) is 10.1 Å². The molecule has 5 heteroatoms. The first kappa shape index (κ1) is 9.13. The minimum absolute atomic E-state index is 0.0535. The molecular weight excluding hydrogens is 175 g/mol. The summed E-state index contributed by atoms with van der Waals surface area (Å²) < 4.78 is 12.1. The molecule has 0 aliphatic heterocycles. The van der Waals surface area contributed by atoms with Crippen molar-refractivity contribution < 1.29 is 9.31 Å². The zero-order valence-corrected chi connectivity index (χ0v) is 6.53. The van der Waals surface area contributed by atoms with Gasteiger partial charge in [0.05, 0.1) is 4.92 Å². The van der Waals surface area contributed by atoms with Crippen LogP contribution in [0, 0.1) is 21.4 Å². The number of benzene rings is 1. The molecule has 0 aliphatic carbocycles. The van der Waals surface area contributed by atoms with Gasteiger partial charge in [-0.05, 0) is 11.6 Å². The van der Waals surface area contributed by atoms with Crippen LogP contribution in [0.4, 0.5) is 10.1 Å². The van der Waals surface area contributed by atoms with Crippen molar-refractivity contribution >= 4 is 5.69 Å². The number of halogens is 1. The Kier molecular flexibility index (Phi) is 2.55. The van der Waals surface area contributed by atoms with Crippen molar-refractivity contribution in [2.45, 2.75) is 6.67 Å². The number of nitro groups is 1. The number of hydrogen-bond donors (Lipinski definition) is 0. The predicted octanol–water partition coefficient (Wildman–Crippen LogP) is 1.94. The van der Waals surface area contributed by atoms with E-state index in [1.54, 1.807) is 6.07 Å². The standard InChI is InChI=1S/C8H5FN2O2/c9-4-6-1-2-7(5-10)8(3-6)11(12)13/h1-3H,4H2. The quantitative estimate of drug-likeness (QED) is 0.515. The molecule has 1 aromatic rings. The SMILES string of the molecule is N#Cc1ccc(CF)cc1[N+](=O)[O-]. The van der Waals surface area contributed by atoms with Crippen molar-refractivity contribution in [3.63, 3.8) is 0 Å². The summed E-state index contributed by atoms with van der Waals surface area (Å²) in [6.45, 7) is -0.771. The molecule has 0 aromatic heterocycles. The molecule has 1 aromatic carbocycles. The summed E-state index contributed by atoms with van der Waals surface area (Å²) in [6, 6.07) is 5.33. The maximum atomic E-state index is 12.1. The molecule has 0 aliphatic rings. The number of hydrogen-bond acceptors (Lipinski definition) is 3. The van der Waals surface area contributed by atoms with Gasteiger partial charge in [-0.1, -0.05) is 6.07 Å². The van der Waals surface area contributed by atoms with Crippen molar-refractivity contribution in [2.75, 3.05) is 0 Å². The molecule has 0 atom stereocenters. The van der Waals surface area contributed by atoms with E-state index < -0.39 is 11.6 Å².